The number of carbonyl (C=O) groups is 4. The lowest BCUT2D eigenvalue weighted by Gasteiger charge is -2.34. The molecule has 1 saturated carbocycles. The molecule has 130 heavy (non-hydrogen) atoms. The third-order valence-corrected chi connectivity index (χ3v) is 42.3. The summed E-state index contributed by atoms with van der Waals surface area (Å²) in [6.07, 6.45) is 13.7. The zero-order chi connectivity index (χ0) is 96.7. The topological polar surface area (TPSA) is 570 Å². The van der Waals surface area contributed by atoms with Gasteiger partial charge < -0.3 is 36.1 Å². The van der Waals surface area contributed by atoms with Gasteiger partial charge in [0.1, 0.15) is 42.0 Å². The van der Waals surface area contributed by atoms with Crippen molar-refractivity contribution in [2.75, 3.05) is 87.2 Å². The van der Waals surface area contributed by atoms with Gasteiger partial charge in [0, 0.05) is 114 Å². The number of Topliss-reactive ketones (excluding diaryl/α,β-unsaturated/α-hetero) is 1. The lowest BCUT2D eigenvalue weighted by Crippen LogP contribution is -2.52. The van der Waals surface area contributed by atoms with Crippen molar-refractivity contribution in [2.24, 2.45) is 0 Å². The van der Waals surface area contributed by atoms with E-state index in [9.17, 15) is 78.1 Å². The van der Waals surface area contributed by atoms with E-state index in [1.54, 1.807) is 65.3 Å². The van der Waals surface area contributed by atoms with Gasteiger partial charge >= 0.3 is 0 Å². The number of nitrogens with zero attached hydrogens (tertiary/aromatic N) is 12. The lowest BCUT2D eigenvalue weighted by molar-refractivity contribution is -0.120. The molecule has 722 valence electrons. The molecule has 0 unspecified atom stereocenters. The number of ether oxygens (including phenoxy) is 1. The molecule has 13 rings (SSSR count). The molecule has 0 radical (unpaired) electrons. The van der Waals surface area contributed by atoms with E-state index in [-0.39, 0.29) is 102 Å². The molecular weight excluding hydrogens is 1860 g/mol. The van der Waals surface area contributed by atoms with Crippen LogP contribution in [0.15, 0.2) is 74.2 Å². The Morgan fingerprint density at radius 1 is 0.431 bits per heavy atom. The molecular formula is C81H119N15O26S8. The molecule has 41 nitrogen and oxygen atoms in total. The lowest BCUT2D eigenvalue weighted by atomic mass is 9.80. The predicted molar refractivity (Wildman–Crippen MR) is 479 cm³/mol. The molecule has 49 heteroatoms. The first kappa shape index (κ1) is 104. The summed E-state index contributed by atoms with van der Waals surface area (Å²) in [6, 6.07) is 6.35. The van der Waals surface area contributed by atoms with Crippen LogP contribution in [0.2, 0.25) is 0 Å². The number of hydrogen-bond acceptors (Lipinski definition) is 36. The average molecular weight is 1980 g/mol. The zero-order valence-electron chi connectivity index (χ0n) is 76.9. The van der Waals surface area contributed by atoms with E-state index < -0.39 is 155 Å². The van der Waals surface area contributed by atoms with Crippen molar-refractivity contribution in [2.45, 2.75) is 270 Å². The Balaban J connectivity index is 0.000000180. The summed E-state index contributed by atoms with van der Waals surface area (Å²) < 4.78 is 216. The number of aryl methyl sites for hydroxylation is 4. The van der Waals surface area contributed by atoms with E-state index in [1.807, 2.05) is 34.6 Å². The van der Waals surface area contributed by atoms with Gasteiger partial charge in [0.15, 0.2) is 56.9 Å². The number of nitrogens with one attached hydrogen (secondary N) is 3. The summed E-state index contributed by atoms with van der Waals surface area (Å²) in [6.45, 7) is 30.7. The van der Waals surface area contributed by atoms with Crippen molar-refractivity contribution in [1.82, 2.24) is 58.7 Å². The van der Waals surface area contributed by atoms with Gasteiger partial charge in [-0.3, -0.25) is 35.1 Å². The Labute approximate surface area is 762 Å². The smallest absolute Gasteiger partial charge is 0.247 e. The highest BCUT2D eigenvalue weighted by molar-refractivity contribution is 7.95. The van der Waals surface area contributed by atoms with Gasteiger partial charge in [-0.15, -0.1) is 21.5 Å². The number of thiazole rings is 1. The van der Waals surface area contributed by atoms with E-state index >= 15 is 0 Å². The zero-order valence-corrected chi connectivity index (χ0v) is 83.5. The molecule has 0 bridgehead atoms. The van der Waals surface area contributed by atoms with E-state index in [1.165, 1.54) is 91.8 Å². The Morgan fingerprint density at radius 2 is 0.808 bits per heavy atom. The summed E-state index contributed by atoms with van der Waals surface area (Å²) in [5.41, 5.74) is -0.225. The Morgan fingerprint density at radius 3 is 1.16 bits per heavy atom. The number of carbonyl (C=O) groups excluding carboxylic acids is 4. The molecule has 8 aromatic heterocycles. The van der Waals surface area contributed by atoms with Crippen LogP contribution in [-0.4, -0.2) is 252 Å². The van der Waals surface area contributed by atoms with Crippen molar-refractivity contribution in [3.63, 3.8) is 0 Å². The second kappa shape index (κ2) is 38.5. The van der Waals surface area contributed by atoms with Crippen LogP contribution in [0.5, 0.6) is 0 Å². The van der Waals surface area contributed by atoms with E-state index in [0.717, 1.165) is 60.1 Å². The first-order valence-corrected chi connectivity index (χ1v) is 54.7. The van der Waals surface area contributed by atoms with Gasteiger partial charge in [-0.2, -0.15) is 0 Å². The maximum Gasteiger partial charge on any atom is 0.247 e. The highest BCUT2D eigenvalue weighted by Gasteiger charge is 2.53. The monoisotopic (exact) mass is 1970 g/mol. The largest absolute Gasteiger partial charge is 0.445 e. The molecule has 4 saturated heterocycles. The Bertz CT molecular complexity index is 5790. The first-order chi connectivity index (χ1) is 59.9. The van der Waals surface area contributed by atoms with Gasteiger partial charge in [-0.25, -0.2) is 86.8 Å². The minimum Gasteiger partial charge on any atom is -0.445 e. The Hall–Kier alpha value is -8.40. The minimum absolute atomic E-state index is 0.00878. The van der Waals surface area contributed by atoms with Crippen LogP contribution in [-0.2, 0) is 121 Å². The fraction of sp³-hybridized carbons (Fsp3) is 0.667. The summed E-state index contributed by atoms with van der Waals surface area (Å²) in [5.74, 6) is 0.890. The van der Waals surface area contributed by atoms with Crippen LogP contribution in [0.1, 0.15) is 247 Å². The number of hydrogen-bond donors (Lipinski definition) is 3. The van der Waals surface area contributed by atoms with Crippen LogP contribution in [0, 0.1) is 27.7 Å². The molecule has 12 heterocycles. The van der Waals surface area contributed by atoms with Crippen molar-refractivity contribution in [3.05, 3.63) is 116 Å². The van der Waals surface area contributed by atoms with Crippen LogP contribution >= 0.6 is 11.3 Å². The quantitative estimate of drug-likeness (QED) is 0.0412. The number of aromatic nitrogens is 9. The third-order valence-electron chi connectivity index (χ3n) is 25.3. The van der Waals surface area contributed by atoms with E-state index in [2.05, 4.69) is 61.7 Å². The number of piperidine rings is 3. The van der Waals surface area contributed by atoms with Gasteiger partial charge in [0.05, 0.1) is 96.9 Å². The molecule has 8 aromatic rings. The fourth-order valence-electron chi connectivity index (χ4n) is 15.7. The number of anilines is 3. The molecule has 4 aliphatic heterocycles. The van der Waals surface area contributed by atoms with Crippen molar-refractivity contribution < 1.29 is 114 Å². The number of oxazole rings is 2. The van der Waals surface area contributed by atoms with Gasteiger partial charge in [-0.1, -0.05) is 33.5 Å². The van der Waals surface area contributed by atoms with Crippen LogP contribution in [0.3, 0.4) is 0 Å². The molecule has 3 amide bonds. The standard InChI is InChI=1S/C22H30N2O6S.C20H30N4O7S2.C20H30N4O6S3.C19H29N5O7S2/c1-15-23-14-20(29-15)22(8-4-5-9-22)18-12-16(30-24-18)13-19(25)21(2,3)31(26,27)17-6-10-28-11-7-17;1-13-21-12-16(30-13)19(2,3)15-11-17(31-23-15)22-18(25)20(4,5)33(28,29)14-7-9-24(10-8-14)32(6,26)27;1-13-21-12-16(31-13)19(2,3)15-11-17(30-23-15)22-18(25)20(4,5)33(28,29)14-7-9-24(10-8-14)32(6,26)27;1-12-21-22-17(30-12)18(2,3)14-11-15(31-23-14)20-16(25)19(4,5)33(28,29)13-7-9-24(10-8-13)32(6,26)27/h12,14,17H,4-11,13H2,1-3H3;2*11-12,14H,7-10H2,1-6H3,(H,22,25);11,13H,7-10H2,1-6H3,(H,20,25). The minimum atomic E-state index is -3.94. The highest BCUT2D eigenvalue weighted by Crippen LogP contribution is 2.47. The number of sulfone groups is 4. The fourth-order valence-corrected chi connectivity index (χ4v) is 27.2. The number of sulfonamides is 3. The van der Waals surface area contributed by atoms with Crippen LogP contribution in [0.25, 0.3) is 0 Å². The second-order valence-electron chi connectivity index (χ2n) is 37.0. The number of amides is 3. The molecule has 0 spiro atoms. The first-order valence-electron chi connectivity index (χ1n) is 42.2. The molecule has 5 fully saturated rings. The van der Waals surface area contributed by atoms with Gasteiger partial charge in [0.2, 0.25) is 77.2 Å². The normalized spacial score (nSPS) is 18.0. The molecule has 0 atom stereocenters. The van der Waals surface area contributed by atoms with Crippen molar-refractivity contribution in [3.8, 4) is 0 Å². The molecule has 1 aliphatic carbocycles. The highest BCUT2D eigenvalue weighted by atomic mass is 32.2. The van der Waals surface area contributed by atoms with E-state index in [0.29, 0.717) is 83.9 Å². The summed E-state index contributed by atoms with van der Waals surface area (Å²) in [4.78, 5) is 65.6. The summed E-state index contributed by atoms with van der Waals surface area (Å²) in [5, 5.41) is 29.5. The second-order valence-corrected chi connectivity index (χ2v) is 55.3. The third kappa shape index (κ3) is 22.0. The van der Waals surface area contributed by atoms with Crippen molar-refractivity contribution in [1.29, 1.82) is 0 Å². The van der Waals surface area contributed by atoms with Crippen molar-refractivity contribution >= 4 is 122 Å². The molecule has 3 N–H and O–H groups in total. The maximum atomic E-state index is 13.3. The SMILES string of the molecule is Cc1ncc(C(C)(C)c2cc(NC(=O)C(C)(C)S(=O)(=O)C3CCN(S(C)(=O)=O)CC3)on2)o1.Cc1ncc(C(C)(C)c2cc(NC(=O)C(C)(C)S(=O)(=O)C3CCN(S(C)(=O)=O)CC3)on2)s1.Cc1ncc(C2(c3cc(CC(=O)C(C)(C)S(=O)(=O)C4CCOCC4)on3)CCCC2)o1.Cc1nnc(C(C)(C)c2cc(NC(=O)C(C)(C)S(=O)(=O)C3CCN(S(C)(=O)=O)CC3)on2)o1. The molecule has 0 aromatic carbocycles. The average Bonchev–Trinajstić information content (AvgIpc) is 1.69. The predicted octanol–water partition coefficient (Wildman–Crippen LogP) is 8.74. The maximum absolute atomic E-state index is 13.3. The van der Waals surface area contributed by atoms with Gasteiger partial charge in [-0.05, 0) is 168 Å². The van der Waals surface area contributed by atoms with Crippen LogP contribution in [0.4, 0.5) is 17.7 Å². The summed E-state index contributed by atoms with van der Waals surface area (Å²) in [7, 11) is -25.6. The summed E-state index contributed by atoms with van der Waals surface area (Å²) >= 11 is 1.54. The Kier molecular flexibility index (Phi) is 30.7. The molecule has 5 aliphatic rings. The number of ketones is 1. The van der Waals surface area contributed by atoms with Gasteiger partial charge in [0.25, 0.3) is 0 Å². The van der Waals surface area contributed by atoms with E-state index in [4.69, 9.17) is 36.1 Å². The van der Waals surface area contributed by atoms with Crippen LogP contribution < -0.4 is 16.0 Å². The number of rotatable bonds is 28.